The van der Waals surface area contributed by atoms with Crippen molar-refractivity contribution in [3.63, 3.8) is 0 Å². The Morgan fingerprint density at radius 2 is 2.00 bits per heavy atom. The van der Waals surface area contributed by atoms with Gasteiger partial charge in [0.1, 0.15) is 6.04 Å². The number of carboxylic acid groups (broad SMARTS) is 1. The zero-order chi connectivity index (χ0) is 14.3. The molecule has 6 heteroatoms. The maximum atomic E-state index is 12.0. The van der Waals surface area contributed by atoms with Crippen LogP contribution in [0.3, 0.4) is 0 Å². The monoisotopic (exact) mass is 270 g/mol. The number of nitrogens with one attached hydrogen (secondary N) is 1. The number of rotatable bonds is 6. The van der Waals surface area contributed by atoms with Gasteiger partial charge in [0.2, 0.25) is 11.8 Å². The van der Waals surface area contributed by atoms with E-state index in [9.17, 15) is 14.4 Å². The second-order valence-electron chi connectivity index (χ2n) is 4.74. The van der Waals surface area contributed by atoms with Crippen LogP contribution in [0.5, 0.6) is 0 Å². The number of nitrogens with zero attached hydrogens (tertiary/aromatic N) is 1. The van der Waals surface area contributed by atoms with E-state index in [4.69, 9.17) is 5.11 Å². The Hall–Kier alpha value is -1.59. The van der Waals surface area contributed by atoms with Crippen molar-refractivity contribution in [3.8, 4) is 0 Å². The molecule has 108 valence electrons. The van der Waals surface area contributed by atoms with Crippen molar-refractivity contribution in [2.45, 2.75) is 51.5 Å². The molecule has 1 heterocycles. The van der Waals surface area contributed by atoms with Crippen LogP contribution in [-0.2, 0) is 14.4 Å². The molecule has 0 spiro atoms. The number of amides is 2. The zero-order valence-corrected chi connectivity index (χ0v) is 11.4. The summed E-state index contributed by atoms with van der Waals surface area (Å²) in [6.07, 6.45) is 3.24. The van der Waals surface area contributed by atoms with E-state index >= 15 is 0 Å². The first-order chi connectivity index (χ1) is 9.06. The van der Waals surface area contributed by atoms with Gasteiger partial charge in [0.05, 0.1) is 0 Å². The molecule has 19 heavy (non-hydrogen) atoms. The first-order valence-electron chi connectivity index (χ1n) is 6.85. The van der Waals surface area contributed by atoms with Gasteiger partial charge in [-0.2, -0.15) is 0 Å². The summed E-state index contributed by atoms with van der Waals surface area (Å²) in [5.74, 6) is -1.16. The third-order valence-electron chi connectivity index (χ3n) is 3.28. The van der Waals surface area contributed by atoms with Gasteiger partial charge < -0.3 is 15.3 Å². The van der Waals surface area contributed by atoms with Crippen molar-refractivity contribution in [1.29, 1.82) is 0 Å². The second kappa shape index (κ2) is 7.76. The molecule has 1 atom stereocenters. The number of carbonyl (C=O) groups excluding carboxylic acids is 2. The fourth-order valence-corrected chi connectivity index (χ4v) is 2.32. The lowest BCUT2D eigenvalue weighted by molar-refractivity contribution is -0.152. The molecule has 1 rings (SSSR count). The first-order valence-corrected chi connectivity index (χ1v) is 6.85. The molecule has 1 saturated heterocycles. The predicted octanol–water partition coefficient (Wildman–Crippen LogP) is 0.758. The first kappa shape index (κ1) is 15.5. The Bertz CT molecular complexity index is 344. The van der Waals surface area contributed by atoms with E-state index < -0.39 is 12.0 Å². The van der Waals surface area contributed by atoms with E-state index in [0.717, 1.165) is 12.8 Å². The van der Waals surface area contributed by atoms with Crippen LogP contribution in [0.1, 0.15) is 45.4 Å². The smallest absolute Gasteiger partial charge is 0.326 e. The number of likely N-dealkylation sites (tertiary alicyclic amines) is 1. The molecule has 0 unspecified atom stereocenters. The molecule has 0 aliphatic carbocycles. The minimum atomic E-state index is -0.934. The largest absolute Gasteiger partial charge is 0.480 e. The normalized spacial score (nSPS) is 19.0. The molecule has 2 N–H and O–H groups in total. The average Bonchev–Trinajstić information content (AvgIpc) is 2.38. The lowest BCUT2D eigenvalue weighted by atomic mass is 10.0. The van der Waals surface area contributed by atoms with Crippen LogP contribution in [-0.4, -0.2) is 46.9 Å². The Morgan fingerprint density at radius 1 is 1.26 bits per heavy atom. The minimum absolute atomic E-state index is 0.0660. The maximum Gasteiger partial charge on any atom is 0.326 e. The van der Waals surface area contributed by atoms with E-state index in [1.54, 1.807) is 0 Å². The van der Waals surface area contributed by atoms with E-state index in [1.807, 2.05) is 6.92 Å². The Labute approximate surface area is 113 Å². The second-order valence-corrected chi connectivity index (χ2v) is 4.74. The highest BCUT2D eigenvalue weighted by Gasteiger charge is 2.31. The van der Waals surface area contributed by atoms with Crippen molar-refractivity contribution in [2.75, 3.05) is 13.1 Å². The Balaban J connectivity index is 2.38. The Kier molecular flexibility index (Phi) is 6.32. The number of hydrogen-bond donors (Lipinski definition) is 2. The average molecular weight is 270 g/mol. The van der Waals surface area contributed by atoms with Gasteiger partial charge in [-0.05, 0) is 32.6 Å². The van der Waals surface area contributed by atoms with Gasteiger partial charge in [-0.15, -0.1) is 0 Å². The number of aliphatic carboxylic acids is 1. The van der Waals surface area contributed by atoms with Crippen molar-refractivity contribution in [3.05, 3.63) is 0 Å². The molecular formula is C13H22N2O4. The fraction of sp³-hybridized carbons (Fsp3) is 0.769. The zero-order valence-electron chi connectivity index (χ0n) is 11.4. The van der Waals surface area contributed by atoms with E-state index in [-0.39, 0.29) is 18.2 Å². The summed E-state index contributed by atoms with van der Waals surface area (Å²) in [6.45, 7) is 2.94. The minimum Gasteiger partial charge on any atom is -0.480 e. The van der Waals surface area contributed by atoms with Gasteiger partial charge >= 0.3 is 5.97 Å². The van der Waals surface area contributed by atoms with Crippen LogP contribution < -0.4 is 5.32 Å². The van der Waals surface area contributed by atoms with Crippen LogP contribution in [0.25, 0.3) is 0 Å². The molecule has 0 aromatic rings. The van der Waals surface area contributed by atoms with Crippen LogP contribution in [0, 0.1) is 0 Å². The maximum absolute atomic E-state index is 12.0. The summed E-state index contributed by atoms with van der Waals surface area (Å²) < 4.78 is 0. The van der Waals surface area contributed by atoms with E-state index in [0.29, 0.717) is 32.4 Å². The van der Waals surface area contributed by atoms with Crippen molar-refractivity contribution in [2.24, 2.45) is 0 Å². The molecule has 0 bridgehead atoms. The quantitative estimate of drug-likeness (QED) is 0.746. The summed E-state index contributed by atoms with van der Waals surface area (Å²) in [5, 5.41) is 11.8. The Morgan fingerprint density at radius 3 is 2.63 bits per heavy atom. The topological polar surface area (TPSA) is 86.7 Å². The van der Waals surface area contributed by atoms with Crippen LogP contribution in [0.15, 0.2) is 0 Å². The highest BCUT2D eigenvalue weighted by atomic mass is 16.4. The summed E-state index contributed by atoms with van der Waals surface area (Å²) in [7, 11) is 0. The van der Waals surface area contributed by atoms with Crippen LogP contribution in [0.2, 0.25) is 0 Å². The SMILES string of the molecule is CCNC(=O)CCCC(=O)N1CCCC[C@@H]1C(=O)O. The molecular weight excluding hydrogens is 248 g/mol. The van der Waals surface area contributed by atoms with Crippen LogP contribution in [0.4, 0.5) is 0 Å². The molecule has 2 amide bonds. The third kappa shape index (κ3) is 4.89. The third-order valence-corrected chi connectivity index (χ3v) is 3.28. The van der Waals surface area contributed by atoms with Gasteiger partial charge in [-0.1, -0.05) is 0 Å². The standard InChI is InChI=1S/C13H22N2O4/c1-2-14-11(16)7-5-8-12(17)15-9-4-3-6-10(15)13(18)19/h10H,2-9H2,1H3,(H,14,16)(H,18,19)/t10-/m1/s1. The molecule has 1 fully saturated rings. The van der Waals surface area contributed by atoms with Gasteiger partial charge in [0, 0.05) is 25.9 Å². The molecule has 0 radical (unpaired) electrons. The van der Waals surface area contributed by atoms with E-state index in [1.165, 1.54) is 4.90 Å². The number of carbonyl (C=O) groups is 3. The van der Waals surface area contributed by atoms with Gasteiger partial charge in [0.25, 0.3) is 0 Å². The molecule has 0 aromatic heterocycles. The van der Waals surface area contributed by atoms with E-state index in [2.05, 4.69) is 5.32 Å². The van der Waals surface area contributed by atoms with Gasteiger partial charge in [0.15, 0.2) is 0 Å². The molecule has 0 aromatic carbocycles. The molecule has 0 saturated carbocycles. The summed E-state index contributed by atoms with van der Waals surface area (Å²) in [6, 6.07) is -0.689. The lowest BCUT2D eigenvalue weighted by Gasteiger charge is -2.33. The number of piperidine rings is 1. The highest BCUT2D eigenvalue weighted by molar-refractivity contribution is 5.84. The van der Waals surface area contributed by atoms with Crippen molar-refractivity contribution < 1.29 is 19.5 Å². The van der Waals surface area contributed by atoms with Gasteiger partial charge in [-0.25, -0.2) is 4.79 Å². The van der Waals surface area contributed by atoms with Crippen molar-refractivity contribution >= 4 is 17.8 Å². The predicted molar refractivity (Wildman–Crippen MR) is 69.5 cm³/mol. The summed E-state index contributed by atoms with van der Waals surface area (Å²) in [5.41, 5.74) is 0. The number of hydrogen-bond acceptors (Lipinski definition) is 3. The molecule has 6 nitrogen and oxygen atoms in total. The lowest BCUT2D eigenvalue weighted by Crippen LogP contribution is -2.47. The molecule has 1 aliphatic heterocycles. The highest BCUT2D eigenvalue weighted by Crippen LogP contribution is 2.18. The van der Waals surface area contributed by atoms with Crippen LogP contribution >= 0.6 is 0 Å². The molecule has 1 aliphatic rings. The summed E-state index contributed by atoms with van der Waals surface area (Å²) >= 11 is 0. The number of carboxylic acids is 1. The summed E-state index contributed by atoms with van der Waals surface area (Å²) in [4.78, 5) is 35.8. The van der Waals surface area contributed by atoms with Gasteiger partial charge in [-0.3, -0.25) is 9.59 Å². The fourth-order valence-electron chi connectivity index (χ4n) is 2.32. The van der Waals surface area contributed by atoms with Crippen molar-refractivity contribution in [1.82, 2.24) is 10.2 Å².